The first kappa shape index (κ1) is 21.7. The molecule has 2 rings (SSSR count). The summed E-state index contributed by atoms with van der Waals surface area (Å²) in [7, 11) is 1.79. The quantitative estimate of drug-likeness (QED) is 0.267. The fourth-order valence-corrected chi connectivity index (χ4v) is 3.36. The molecule has 1 aliphatic heterocycles. The van der Waals surface area contributed by atoms with E-state index in [2.05, 4.69) is 47.0 Å². The number of aliphatic imine (C=N–C) groups is 1. The minimum Gasteiger partial charge on any atom is -0.377 e. The van der Waals surface area contributed by atoms with Gasteiger partial charge in [0.25, 0.3) is 0 Å². The van der Waals surface area contributed by atoms with E-state index >= 15 is 0 Å². The molecule has 0 spiro atoms. The topological polar surface area (TPSA) is 54.9 Å². The van der Waals surface area contributed by atoms with Crippen LogP contribution in [-0.4, -0.2) is 52.0 Å². The van der Waals surface area contributed by atoms with Gasteiger partial charge in [-0.25, -0.2) is 0 Å². The SMILES string of the molecule is CN=C(NCCOCC1CCCO1)NCC(C)(C)c1cccs1.I. The Morgan fingerprint density at radius 1 is 1.46 bits per heavy atom. The van der Waals surface area contributed by atoms with Gasteiger partial charge in [0.1, 0.15) is 0 Å². The largest absolute Gasteiger partial charge is 0.377 e. The average molecular weight is 467 g/mol. The molecule has 0 saturated carbocycles. The number of nitrogens with one attached hydrogen (secondary N) is 2. The van der Waals surface area contributed by atoms with Crippen LogP contribution in [0, 0.1) is 0 Å². The van der Waals surface area contributed by atoms with E-state index < -0.39 is 0 Å². The monoisotopic (exact) mass is 467 g/mol. The van der Waals surface area contributed by atoms with Gasteiger partial charge in [-0.05, 0) is 24.3 Å². The molecule has 0 radical (unpaired) electrons. The molecule has 2 N–H and O–H groups in total. The van der Waals surface area contributed by atoms with Crippen molar-refractivity contribution in [3.8, 4) is 0 Å². The van der Waals surface area contributed by atoms with Gasteiger partial charge in [-0.1, -0.05) is 19.9 Å². The lowest BCUT2D eigenvalue weighted by atomic mass is 9.91. The lowest BCUT2D eigenvalue weighted by Crippen LogP contribution is -2.44. The molecule has 138 valence electrons. The summed E-state index contributed by atoms with van der Waals surface area (Å²) in [6.45, 7) is 8.29. The maximum Gasteiger partial charge on any atom is 0.191 e. The fourth-order valence-electron chi connectivity index (χ4n) is 2.51. The molecule has 0 aliphatic carbocycles. The fraction of sp³-hybridized carbons (Fsp3) is 0.706. The van der Waals surface area contributed by atoms with Crippen LogP contribution in [0.15, 0.2) is 22.5 Å². The van der Waals surface area contributed by atoms with Crippen molar-refractivity contribution in [2.24, 2.45) is 4.99 Å². The zero-order chi connectivity index (χ0) is 16.5. The number of hydrogen-bond acceptors (Lipinski definition) is 4. The Labute approximate surface area is 166 Å². The Bertz CT molecular complexity index is 474. The number of ether oxygens (including phenoxy) is 2. The van der Waals surface area contributed by atoms with Gasteiger partial charge in [-0.2, -0.15) is 0 Å². The second-order valence-corrected chi connectivity index (χ2v) is 7.37. The van der Waals surface area contributed by atoms with Crippen LogP contribution in [0.3, 0.4) is 0 Å². The third-order valence-corrected chi connectivity index (χ3v) is 5.21. The van der Waals surface area contributed by atoms with Gasteiger partial charge < -0.3 is 20.1 Å². The first-order valence-electron chi connectivity index (χ1n) is 8.29. The van der Waals surface area contributed by atoms with Crippen molar-refractivity contribution in [2.45, 2.75) is 38.2 Å². The molecule has 7 heteroatoms. The van der Waals surface area contributed by atoms with E-state index in [0.717, 1.165) is 38.5 Å². The molecule has 2 heterocycles. The minimum atomic E-state index is 0. The molecule has 1 unspecified atom stereocenters. The van der Waals surface area contributed by atoms with Gasteiger partial charge in [0.15, 0.2) is 5.96 Å². The predicted molar refractivity (Wildman–Crippen MR) is 112 cm³/mol. The van der Waals surface area contributed by atoms with Crippen LogP contribution in [-0.2, 0) is 14.9 Å². The van der Waals surface area contributed by atoms with Gasteiger partial charge in [0, 0.05) is 37.0 Å². The van der Waals surface area contributed by atoms with Crippen LogP contribution in [0.25, 0.3) is 0 Å². The van der Waals surface area contributed by atoms with Gasteiger partial charge in [0.2, 0.25) is 0 Å². The Hall–Kier alpha value is -0.380. The van der Waals surface area contributed by atoms with E-state index in [1.165, 1.54) is 4.88 Å². The second kappa shape index (κ2) is 11.3. The van der Waals surface area contributed by atoms with E-state index in [0.29, 0.717) is 19.3 Å². The summed E-state index contributed by atoms with van der Waals surface area (Å²) in [5.41, 5.74) is 0.0854. The van der Waals surface area contributed by atoms with Crippen LogP contribution >= 0.6 is 35.3 Å². The van der Waals surface area contributed by atoms with Gasteiger partial charge >= 0.3 is 0 Å². The molecule has 5 nitrogen and oxygen atoms in total. The van der Waals surface area contributed by atoms with Crippen molar-refractivity contribution in [3.63, 3.8) is 0 Å². The number of thiophene rings is 1. The molecule has 1 aromatic rings. The molecule has 0 bridgehead atoms. The number of hydrogen-bond donors (Lipinski definition) is 2. The first-order valence-corrected chi connectivity index (χ1v) is 9.17. The van der Waals surface area contributed by atoms with Crippen molar-refractivity contribution in [1.82, 2.24) is 10.6 Å². The van der Waals surface area contributed by atoms with Gasteiger partial charge in [-0.15, -0.1) is 35.3 Å². The van der Waals surface area contributed by atoms with Gasteiger partial charge in [0.05, 0.1) is 19.3 Å². The van der Waals surface area contributed by atoms with E-state index in [4.69, 9.17) is 9.47 Å². The third kappa shape index (κ3) is 7.25. The molecular weight excluding hydrogens is 437 g/mol. The highest BCUT2D eigenvalue weighted by atomic mass is 127. The maximum absolute atomic E-state index is 5.65. The normalized spacial score (nSPS) is 18.3. The molecule has 24 heavy (non-hydrogen) atoms. The lowest BCUT2D eigenvalue weighted by Gasteiger charge is -2.25. The summed E-state index contributed by atoms with van der Waals surface area (Å²) in [6, 6.07) is 4.28. The number of guanidine groups is 1. The van der Waals surface area contributed by atoms with Crippen LogP contribution in [0.1, 0.15) is 31.6 Å². The Kier molecular flexibility index (Phi) is 10.2. The van der Waals surface area contributed by atoms with Crippen LogP contribution in [0.5, 0.6) is 0 Å². The average Bonchev–Trinajstić information content (AvgIpc) is 3.23. The van der Waals surface area contributed by atoms with Crippen LogP contribution in [0.4, 0.5) is 0 Å². The van der Waals surface area contributed by atoms with Crippen molar-refractivity contribution in [1.29, 1.82) is 0 Å². The molecule has 1 aliphatic rings. The second-order valence-electron chi connectivity index (χ2n) is 6.42. The molecule has 0 aromatic carbocycles. The zero-order valence-electron chi connectivity index (χ0n) is 14.8. The maximum atomic E-state index is 5.65. The zero-order valence-corrected chi connectivity index (χ0v) is 18.0. The highest BCUT2D eigenvalue weighted by molar-refractivity contribution is 14.0. The Balaban J connectivity index is 0.00000288. The molecule has 1 fully saturated rings. The highest BCUT2D eigenvalue weighted by Crippen LogP contribution is 2.26. The van der Waals surface area contributed by atoms with Gasteiger partial charge in [-0.3, -0.25) is 4.99 Å². The standard InChI is InChI=1S/C17H29N3O2S.HI/c1-17(2,15-7-5-11-23-15)13-20-16(18-3)19-8-10-21-12-14-6-4-9-22-14;/h5,7,11,14H,4,6,8-10,12-13H2,1-3H3,(H2,18,19,20);1H. The first-order chi connectivity index (χ1) is 11.1. The smallest absolute Gasteiger partial charge is 0.191 e. The Morgan fingerprint density at radius 2 is 2.29 bits per heavy atom. The summed E-state index contributed by atoms with van der Waals surface area (Å²) in [5, 5.41) is 8.81. The van der Waals surface area contributed by atoms with Crippen molar-refractivity contribution in [2.75, 3.05) is 40.0 Å². The summed E-state index contributed by atoms with van der Waals surface area (Å²) in [6.07, 6.45) is 2.57. The molecule has 1 aromatic heterocycles. The summed E-state index contributed by atoms with van der Waals surface area (Å²) in [4.78, 5) is 5.64. The number of nitrogens with zero attached hydrogens (tertiary/aromatic N) is 1. The van der Waals surface area contributed by atoms with Crippen molar-refractivity contribution >= 4 is 41.3 Å². The minimum absolute atomic E-state index is 0. The molecule has 1 atom stereocenters. The van der Waals surface area contributed by atoms with E-state index in [9.17, 15) is 0 Å². The number of rotatable bonds is 8. The number of halogens is 1. The molecule has 0 amide bonds. The van der Waals surface area contributed by atoms with E-state index in [1.807, 2.05) is 0 Å². The van der Waals surface area contributed by atoms with E-state index in [1.54, 1.807) is 18.4 Å². The van der Waals surface area contributed by atoms with Crippen LogP contribution < -0.4 is 10.6 Å². The summed E-state index contributed by atoms with van der Waals surface area (Å²) in [5.74, 6) is 0.815. The molecular formula is C17H30IN3O2S. The summed E-state index contributed by atoms with van der Waals surface area (Å²) >= 11 is 1.79. The van der Waals surface area contributed by atoms with Crippen LogP contribution in [0.2, 0.25) is 0 Å². The molecule has 1 saturated heterocycles. The predicted octanol–water partition coefficient (Wildman–Crippen LogP) is 3.00. The van der Waals surface area contributed by atoms with Crippen molar-refractivity contribution in [3.05, 3.63) is 22.4 Å². The van der Waals surface area contributed by atoms with Crippen molar-refractivity contribution < 1.29 is 9.47 Å². The summed E-state index contributed by atoms with van der Waals surface area (Å²) < 4.78 is 11.2. The lowest BCUT2D eigenvalue weighted by molar-refractivity contribution is 0.0191. The van der Waals surface area contributed by atoms with E-state index in [-0.39, 0.29) is 29.4 Å². The highest BCUT2D eigenvalue weighted by Gasteiger charge is 2.21. The Morgan fingerprint density at radius 3 is 2.92 bits per heavy atom. The third-order valence-electron chi connectivity index (χ3n) is 3.98.